The van der Waals surface area contributed by atoms with Crippen molar-refractivity contribution in [3.8, 4) is 0 Å². The van der Waals surface area contributed by atoms with Crippen LogP contribution in [0.1, 0.15) is 29.5 Å². The number of benzene rings is 2. The number of aliphatic hydroxyl groups is 1. The van der Waals surface area contributed by atoms with Crippen molar-refractivity contribution in [1.82, 2.24) is 15.5 Å². The maximum absolute atomic E-state index is 13.7. The second kappa shape index (κ2) is 10.2. The Balaban J connectivity index is 1.45. The van der Waals surface area contributed by atoms with E-state index in [-0.39, 0.29) is 11.9 Å². The van der Waals surface area contributed by atoms with E-state index in [2.05, 4.69) is 44.8 Å². The number of hydrogen-bond acceptors (Lipinski definition) is 3. The molecule has 0 atom stereocenters. The summed E-state index contributed by atoms with van der Waals surface area (Å²) in [4.78, 5) is 6.58. The summed E-state index contributed by atoms with van der Waals surface area (Å²) in [5.74, 6) is 0.420. The van der Waals surface area contributed by atoms with Gasteiger partial charge >= 0.3 is 0 Å². The number of nitrogens with one attached hydrogen (secondary N) is 2. The summed E-state index contributed by atoms with van der Waals surface area (Å²) in [6.07, 6.45) is 1.59. The van der Waals surface area contributed by atoms with E-state index in [4.69, 9.17) is 0 Å². The van der Waals surface area contributed by atoms with Crippen LogP contribution in [-0.2, 0) is 19.6 Å². The van der Waals surface area contributed by atoms with E-state index >= 15 is 0 Å². The van der Waals surface area contributed by atoms with Crippen LogP contribution in [0, 0.1) is 5.82 Å². The number of likely N-dealkylation sites (tertiary alicyclic amines) is 1. The normalized spacial score (nSPS) is 16.2. The SMILES string of the molecule is CN=C(NCc1ccc(CN2CCC(O)CC2)cc1)NCc1ccccc1F. The van der Waals surface area contributed by atoms with Crippen molar-refractivity contribution in [3.63, 3.8) is 0 Å². The molecule has 0 aromatic heterocycles. The highest BCUT2D eigenvalue weighted by Crippen LogP contribution is 2.14. The summed E-state index contributed by atoms with van der Waals surface area (Å²) >= 11 is 0. The van der Waals surface area contributed by atoms with Crippen LogP contribution in [0.4, 0.5) is 4.39 Å². The second-order valence-corrected chi connectivity index (χ2v) is 7.19. The van der Waals surface area contributed by atoms with Crippen molar-refractivity contribution in [2.45, 2.75) is 38.6 Å². The molecular formula is C22H29FN4O. The molecular weight excluding hydrogens is 355 g/mol. The third kappa shape index (κ3) is 6.04. The lowest BCUT2D eigenvalue weighted by Crippen LogP contribution is -2.36. The molecule has 1 aliphatic heterocycles. The van der Waals surface area contributed by atoms with Crippen LogP contribution in [0.3, 0.4) is 0 Å². The highest BCUT2D eigenvalue weighted by atomic mass is 19.1. The van der Waals surface area contributed by atoms with Gasteiger partial charge in [-0.1, -0.05) is 42.5 Å². The Kier molecular flexibility index (Phi) is 7.39. The van der Waals surface area contributed by atoms with E-state index in [0.717, 1.165) is 38.0 Å². The minimum absolute atomic E-state index is 0.133. The van der Waals surface area contributed by atoms with Gasteiger partial charge in [0.15, 0.2) is 5.96 Å². The summed E-state index contributed by atoms with van der Waals surface area (Å²) in [5, 5.41) is 16.0. The van der Waals surface area contributed by atoms with Gasteiger partial charge in [0.1, 0.15) is 5.82 Å². The molecule has 0 aliphatic carbocycles. The molecule has 1 aliphatic rings. The van der Waals surface area contributed by atoms with Gasteiger partial charge < -0.3 is 15.7 Å². The molecule has 0 saturated carbocycles. The van der Waals surface area contributed by atoms with E-state index in [1.54, 1.807) is 19.2 Å². The zero-order valence-electron chi connectivity index (χ0n) is 16.4. The molecule has 2 aromatic rings. The lowest BCUT2D eigenvalue weighted by Gasteiger charge is -2.29. The van der Waals surface area contributed by atoms with Crippen LogP contribution >= 0.6 is 0 Å². The number of guanidine groups is 1. The highest BCUT2D eigenvalue weighted by molar-refractivity contribution is 5.79. The first-order valence-corrected chi connectivity index (χ1v) is 9.80. The largest absolute Gasteiger partial charge is 0.393 e. The van der Waals surface area contributed by atoms with Gasteiger partial charge in [-0.25, -0.2) is 4.39 Å². The second-order valence-electron chi connectivity index (χ2n) is 7.19. The van der Waals surface area contributed by atoms with Gasteiger partial charge in [-0.2, -0.15) is 0 Å². The Morgan fingerprint density at radius 2 is 1.68 bits per heavy atom. The van der Waals surface area contributed by atoms with E-state index in [0.29, 0.717) is 24.6 Å². The van der Waals surface area contributed by atoms with Crippen LogP contribution in [0.5, 0.6) is 0 Å². The first-order valence-electron chi connectivity index (χ1n) is 9.80. The maximum atomic E-state index is 13.7. The van der Waals surface area contributed by atoms with E-state index < -0.39 is 0 Å². The Morgan fingerprint density at radius 1 is 1.04 bits per heavy atom. The summed E-state index contributed by atoms with van der Waals surface area (Å²) in [6.45, 7) is 3.86. The monoisotopic (exact) mass is 384 g/mol. The maximum Gasteiger partial charge on any atom is 0.191 e. The van der Waals surface area contributed by atoms with Crippen molar-refractivity contribution < 1.29 is 9.50 Å². The number of piperidine rings is 1. The molecule has 0 unspecified atom stereocenters. The van der Waals surface area contributed by atoms with Gasteiger partial charge in [-0.3, -0.25) is 9.89 Å². The molecule has 150 valence electrons. The fourth-order valence-corrected chi connectivity index (χ4v) is 3.33. The minimum atomic E-state index is -0.218. The lowest BCUT2D eigenvalue weighted by atomic mass is 10.1. The predicted octanol–water partition coefficient (Wildman–Crippen LogP) is 2.65. The summed E-state index contributed by atoms with van der Waals surface area (Å²) < 4.78 is 13.7. The summed E-state index contributed by atoms with van der Waals surface area (Å²) in [7, 11) is 1.70. The average molecular weight is 384 g/mol. The summed E-state index contributed by atoms with van der Waals surface area (Å²) in [5.41, 5.74) is 3.05. The Morgan fingerprint density at radius 3 is 2.36 bits per heavy atom. The Labute approximate surface area is 166 Å². The third-order valence-corrected chi connectivity index (χ3v) is 5.07. The van der Waals surface area contributed by atoms with Gasteiger partial charge in [0.05, 0.1) is 6.10 Å². The van der Waals surface area contributed by atoms with Gasteiger partial charge in [0, 0.05) is 45.3 Å². The quantitative estimate of drug-likeness (QED) is 0.529. The Bertz CT molecular complexity index is 770. The number of rotatable bonds is 6. The molecule has 1 heterocycles. The summed E-state index contributed by atoms with van der Waals surface area (Å²) in [6, 6.07) is 15.3. The number of aliphatic hydroxyl groups excluding tert-OH is 1. The first kappa shape index (κ1) is 20.3. The number of halogens is 1. The molecule has 0 radical (unpaired) electrons. The van der Waals surface area contributed by atoms with Crippen LogP contribution in [-0.4, -0.2) is 42.2 Å². The minimum Gasteiger partial charge on any atom is -0.393 e. The van der Waals surface area contributed by atoms with Crippen LogP contribution in [0.15, 0.2) is 53.5 Å². The number of aliphatic imine (C=N–C) groups is 1. The van der Waals surface area contributed by atoms with Crippen molar-refractivity contribution in [3.05, 3.63) is 71.0 Å². The van der Waals surface area contributed by atoms with E-state index in [1.165, 1.54) is 11.6 Å². The lowest BCUT2D eigenvalue weighted by molar-refractivity contribution is 0.0792. The molecule has 3 N–H and O–H groups in total. The highest BCUT2D eigenvalue weighted by Gasteiger charge is 2.16. The molecule has 6 heteroatoms. The van der Waals surface area contributed by atoms with Crippen LogP contribution in [0.2, 0.25) is 0 Å². The van der Waals surface area contributed by atoms with Crippen molar-refractivity contribution in [1.29, 1.82) is 0 Å². The average Bonchev–Trinajstić information content (AvgIpc) is 2.72. The van der Waals surface area contributed by atoms with Crippen molar-refractivity contribution in [2.24, 2.45) is 4.99 Å². The first-order chi connectivity index (χ1) is 13.6. The van der Waals surface area contributed by atoms with Crippen LogP contribution in [0.25, 0.3) is 0 Å². The van der Waals surface area contributed by atoms with Crippen LogP contribution < -0.4 is 10.6 Å². The van der Waals surface area contributed by atoms with Crippen molar-refractivity contribution >= 4 is 5.96 Å². The fourth-order valence-electron chi connectivity index (χ4n) is 3.33. The molecule has 0 bridgehead atoms. The standard InChI is InChI=1S/C22H29FN4O/c1-24-22(26-15-19-4-2-3-5-21(19)23)25-14-17-6-8-18(9-7-17)16-27-12-10-20(28)11-13-27/h2-9,20,28H,10-16H2,1H3,(H2,24,25,26). The Hall–Kier alpha value is -2.44. The molecule has 0 amide bonds. The smallest absolute Gasteiger partial charge is 0.191 e. The molecule has 5 nitrogen and oxygen atoms in total. The zero-order valence-corrected chi connectivity index (χ0v) is 16.4. The van der Waals surface area contributed by atoms with Gasteiger partial charge in [0.25, 0.3) is 0 Å². The van der Waals surface area contributed by atoms with E-state index in [9.17, 15) is 9.50 Å². The van der Waals surface area contributed by atoms with E-state index in [1.807, 2.05) is 6.07 Å². The molecule has 2 aromatic carbocycles. The molecule has 3 rings (SSSR count). The fraction of sp³-hybridized carbons (Fsp3) is 0.409. The van der Waals surface area contributed by atoms with Gasteiger partial charge in [-0.05, 0) is 30.0 Å². The molecule has 1 fully saturated rings. The third-order valence-electron chi connectivity index (χ3n) is 5.07. The number of nitrogens with zero attached hydrogens (tertiary/aromatic N) is 2. The molecule has 28 heavy (non-hydrogen) atoms. The number of hydrogen-bond donors (Lipinski definition) is 3. The zero-order chi connectivity index (χ0) is 19.8. The van der Waals surface area contributed by atoms with Gasteiger partial charge in [-0.15, -0.1) is 0 Å². The van der Waals surface area contributed by atoms with Crippen molar-refractivity contribution in [2.75, 3.05) is 20.1 Å². The topological polar surface area (TPSA) is 59.9 Å². The van der Waals surface area contributed by atoms with Gasteiger partial charge in [0.2, 0.25) is 0 Å². The molecule has 1 saturated heterocycles. The molecule has 0 spiro atoms. The predicted molar refractivity (Wildman–Crippen MR) is 110 cm³/mol.